The van der Waals surface area contributed by atoms with Crippen LogP contribution in [-0.4, -0.2) is 47.2 Å². The zero-order chi connectivity index (χ0) is 17.1. The number of carbonyl (C=O) groups is 2. The van der Waals surface area contributed by atoms with Crippen molar-refractivity contribution >= 4 is 11.9 Å². The molecule has 5 atom stereocenters. The second kappa shape index (κ2) is 7.65. The van der Waals surface area contributed by atoms with Gasteiger partial charge in [-0.3, -0.25) is 9.59 Å². The maximum atomic E-state index is 12.4. The van der Waals surface area contributed by atoms with Crippen molar-refractivity contribution in [2.45, 2.75) is 65.5 Å². The van der Waals surface area contributed by atoms with Gasteiger partial charge in [-0.1, -0.05) is 27.2 Å². The van der Waals surface area contributed by atoms with Gasteiger partial charge in [-0.05, 0) is 43.9 Å². The molecule has 0 bridgehead atoms. The fourth-order valence-electron chi connectivity index (χ4n) is 4.19. The molecule has 2 fully saturated rings. The van der Waals surface area contributed by atoms with Gasteiger partial charge in [0.15, 0.2) is 0 Å². The summed E-state index contributed by atoms with van der Waals surface area (Å²) in [6, 6.07) is -0.241. The summed E-state index contributed by atoms with van der Waals surface area (Å²) in [5, 5.41) is 9.17. The number of ether oxygens (including phenoxy) is 1. The van der Waals surface area contributed by atoms with Crippen LogP contribution in [0, 0.1) is 23.7 Å². The van der Waals surface area contributed by atoms with Crippen LogP contribution in [0.2, 0.25) is 0 Å². The molecule has 0 aromatic rings. The Morgan fingerprint density at radius 3 is 2.48 bits per heavy atom. The Bertz CT molecular complexity index is 437. The first-order valence-electron chi connectivity index (χ1n) is 8.95. The Labute approximate surface area is 139 Å². The van der Waals surface area contributed by atoms with Crippen molar-refractivity contribution in [2.24, 2.45) is 23.7 Å². The second-order valence-electron chi connectivity index (χ2n) is 7.74. The van der Waals surface area contributed by atoms with Crippen LogP contribution in [0.25, 0.3) is 0 Å². The van der Waals surface area contributed by atoms with Gasteiger partial charge in [-0.25, -0.2) is 0 Å². The molecule has 2 aliphatic rings. The summed E-state index contributed by atoms with van der Waals surface area (Å²) in [7, 11) is 0. The fraction of sp³-hybridized carbons (Fsp3) is 0.889. The van der Waals surface area contributed by atoms with Crippen LogP contribution in [0.5, 0.6) is 0 Å². The van der Waals surface area contributed by atoms with E-state index in [2.05, 4.69) is 20.8 Å². The summed E-state index contributed by atoms with van der Waals surface area (Å²) >= 11 is 0. The largest absolute Gasteiger partial charge is 0.481 e. The smallest absolute Gasteiger partial charge is 0.308 e. The average Bonchev–Trinajstić information content (AvgIpc) is 2.86. The van der Waals surface area contributed by atoms with E-state index in [0.29, 0.717) is 30.7 Å². The summed E-state index contributed by atoms with van der Waals surface area (Å²) in [6.07, 6.45) is 4.11. The van der Waals surface area contributed by atoms with E-state index in [1.807, 2.05) is 6.92 Å². The van der Waals surface area contributed by atoms with Gasteiger partial charge in [0.1, 0.15) is 6.61 Å². The number of carboxylic acids is 1. The Morgan fingerprint density at radius 1 is 1.22 bits per heavy atom. The Hall–Kier alpha value is -1.10. The van der Waals surface area contributed by atoms with Gasteiger partial charge in [0.25, 0.3) is 0 Å². The Morgan fingerprint density at radius 2 is 1.91 bits per heavy atom. The molecule has 2 rings (SSSR count). The molecule has 1 aliphatic heterocycles. The van der Waals surface area contributed by atoms with Crippen LogP contribution in [0.15, 0.2) is 0 Å². The van der Waals surface area contributed by atoms with E-state index in [9.17, 15) is 14.7 Å². The number of hydrogen-bond acceptors (Lipinski definition) is 3. The maximum absolute atomic E-state index is 12.4. The van der Waals surface area contributed by atoms with Crippen molar-refractivity contribution < 1.29 is 19.4 Å². The van der Waals surface area contributed by atoms with Gasteiger partial charge in [0.2, 0.25) is 5.91 Å². The SMILES string of the molecule is CC1CCC(C(C)C)C(OCC(=O)N2CCC(C(=O)O)C2C)C1. The molecule has 5 nitrogen and oxygen atoms in total. The number of rotatable bonds is 5. The van der Waals surface area contributed by atoms with Gasteiger partial charge in [-0.2, -0.15) is 0 Å². The van der Waals surface area contributed by atoms with Gasteiger partial charge >= 0.3 is 5.97 Å². The number of carbonyl (C=O) groups excluding carboxylic acids is 1. The summed E-state index contributed by atoms with van der Waals surface area (Å²) in [5.74, 6) is 0.396. The standard InChI is InChI=1S/C18H31NO4/c1-11(2)14-6-5-12(3)9-16(14)23-10-17(20)19-8-7-15(13(19)4)18(21)22/h11-16H,5-10H2,1-4H3,(H,21,22). The number of amides is 1. The summed E-state index contributed by atoms with van der Waals surface area (Å²) in [6.45, 7) is 9.11. The quantitative estimate of drug-likeness (QED) is 0.844. The van der Waals surface area contributed by atoms with Crippen molar-refractivity contribution in [3.8, 4) is 0 Å². The second-order valence-corrected chi connectivity index (χ2v) is 7.74. The number of hydrogen-bond donors (Lipinski definition) is 1. The Kier molecular flexibility index (Phi) is 6.06. The molecule has 0 radical (unpaired) electrons. The summed E-state index contributed by atoms with van der Waals surface area (Å²) < 4.78 is 6.01. The molecule has 1 N–H and O–H groups in total. The predicted octanol–water partition coefficient (Wildman–Crippen LogP) is 2.79. The molecule has 1 saturated heterocycles. The maximum Gasteiger partial charge on any atom is 0.308 e. The molecule has 1 aliphatic carbocycles. The first-order valence-corrected chi connectivity index (χ1v) is 8.95. The summed E-state index contributed by atoms with van der Waals surface area (Å²) in [4.78, 5) is 25.3. The number of carboxylic acid groups (broad SMARTS) is 1. The van der Waals surface area contributed by atoms with Crippen molar-refractivity contribution in [3.63, 3.8) is 0 Å². The van der Waals surface area contributed by atoms with Crippen LogP contribution >= 0.6 is 0 Å². The van der Waals surface area contributed by atoms with Gasteiger partial charge < -0.3 is 14.7 Å². The third kappa shape index (κ3) is 4.25. The molecule has 0 spiro atoms. The minimum atomic E-state index is -0.810. The van der Waals surface area contributed by atoms with E-state index in [1.165, 1.54) is 12.8 Å². The normalized spacial score (nSPS) is 34.8. The first kappa shape index (κ1) is 18.2. The number of nitrogens with zero attached hydrogens (tertiary/aromatic N) is 1. The molecule has 0 aromatic carbocycles. The van der Waals surface area contributed by atoms with Crippen LogP contribution < -0.4 is 0 Å². The molecule has 132 valence electrons. The zero-order valence-electron chi connectivity index (χ0n) is 14.8. The molecule has 1 amide bonds. The predicted molar refractivity (Wildman–Crippen MR) is 88.0 cm³/mol. The highest BCUT2D eigenvalue weighted by molar-refractivity contribution is 5.80. The van der Waals surface area contributed by atoms with E-state index >= 15 is 0 Å². The lowest BCUT2D eigenvalue weighted by Gasteiger charge is -2.37. The topological polar surface area (TPSA) is 66.8 Å². The van der Waals surface area contributed by atoms with Crippen LogP contribution in [-0.2, 0) is 14.3 Å². The molecule has 23 heavy (non-hydrogen) atoms. The fourth-order valence-corrected chi connectivity index (χ4v) is 4.19. The number of likely N-dealkylation sites (tertiary alicyclic amines) is 1. The van der Waals surface area contributed by atoms with Crippen LogP contribution in [0.4, 0.5) is 0 Å². The highest BCUT2D eigenvalue weighted by Gasteiger charge is 2.38. The lowest BCUT2D eigenvalue weighted by atomic mass is 9.75. The molecular formula is C18H31NO4. The van der Waals surface area contributed by atoms with Crippen molar-refractivity contribution in [2.75, 3.05) is 13.2 Å². The minimum Gasteiger partial charge on any atom is -0.481 e. The first-order chi connectivity index (χ1) is 10.8. The number of aliphatic carboxylic acids is 1. The van der Waals surface area contributed by atoms with Crippen LogP contribution in [0.1, 0.15) is 53.4 Å². The average molecular weight is 325 g/mol. The zero-order valence-corrected chi connectivity index (χ0v) is 14.8. The van der Waals surface area contributed by atoms with Crippen molar-refractivity contribution in [3.05, 3.63) is 0 Å². The third-order valence-corrected chi connectivity index (χ3v) is 5.77. The van der Waals surface area contributed by atoms with Crippen molar-refractivity contribution in [1.82, 2.24) is 4.90 Å². The van der Waals surface area contributed by atoms with Gasteiger partial charge in [0.05, 0.1) is 12.0 Å². The highest BCUT2D eigenvalue weighted by Crippen LogP contribution is 2.35. The molecule has 1 heterocycles. The molecular weight excluding hydrogens is 294 g/mol. The van der Waals surface area contributed by atoms with Crippen LogP contribution in [0.3, 0.4) is 0 Å². The Balaban J connectivity index is 1.89. The minimum absolute atomic E-state index is 0.0676. The highest BCUT2D eigenvalue weighted by atomic mass is 16.5. The third-order valence-electron chi connectivity index (χ3n) is 5.77. The molecule has 1 saturated carbocycles. The molecule has 5 heteroatoms. The van der Waals surface area contributed by atoms with E-state index in [1.54, 1.807) is 4.90 Å². The van der Waals surface area contributed by atoms with Crippen molar-refractivity contribution in [1.29, 1.82) is 0 Å². The monoisotopic (exact) mass is 325 g/mol. The van der Waals surface area contributed by atoms with Gasteiger partial charge in [-0.15, -0.1) is 0 Å². The van der Waals surface area contributed by atoms with Gasteiger partial charge in [0, 0.05) is 12.6 Å². The summed E-state index contributed by atoms with van der Waals surface area (Å²) in [5.41, 5.74) is 0. The molecule has 0 aromatic heterocycles. The lowest BCUT2D eigenvalue weighted by molar-refractivity contribution is -0.145. The molecule has 5 unspecified atom stereocenters. The lowest BCUT2D eigenvalue weighted by Crippen LogP contribution is -2.42. The van der Waals surface area contributed by atoms with E-state index in [4.69, 9.17) is 4.74 Å². The van der Waals surface area contributed by atoms with E-state index in [0.717, 1.165) is 6.42 Å². The van der Waals surface area contributed by atoms with E-state index in [-0.39, 0.29) is 24.7 Å². The van der Waals surface area contributed by atoms with E-state index < -0.39 is 11.9 Å².